The third-order valence-corrected chi connectivity index (χ3v) is 2.28. The number of carbonyl (C=O) groups is 2. The van der Waals surface area contributed by atoms with Gasteiger partial charge in [0, 0.05) is 0 Å². The summed E-state index contributed by atoms with van der Waals surface area (Å²) in [7, 11) is 0. The zero-order valence-electron chi connectivity index (χ0n) is 9.65. The maximum atomic E-state index is 11.7. The number of anilines is 1. The van der Waals surface area contributed by atoms with E-state index in [-0.39, 0.29) is 23.5 Å². The van der Waals surface area contributed by atoms with Gasteiger partial charge in [-0.15, -0.1) is 0 Å². The molecule has 1 heterocycles. The number of aromatic carboxylic acids is 1. The minimum atomic E-state index is -1.24. The molecule has 98 valence electrons. The van der Waals surface area contributed by atoms with E-state index < -0.39 is 11.9 Å². The molecule has 0 radical (unpaired) electrons. The van der Waals surface area contributed by atoms with Crippen LogP contribution in [0.5, 0.6) is 5.75 Å². The molecule has 2 rings (SSSR count). The van der Waals surface area contributed by atoms with Gasteiger partial charge in [0.05, 0.1) is 11.3 Å². The summed E-state index contributed by atoms with van der Waals surface area (Å²) < 4.78 is 1.30. The highest BCUT2D eigenvalue weighted by Crippen LogP contribution is 2.21. The number of amides is 1. The molecule has 0 aliphatic heterocycles. The minimum Gasteiger partial charge on any atom is -0.508 e. The lowest BCUT2D eigenvalue weighted by atomic mass is 10.1. The van der Waals surface area contributed by atoms with Crippen LogP contribution in [0.4, 0.5) is 5.69 Å². The lowest BCUT2D eigenvalue weighted by molar-refractivity contribution is -0.116. The van der Waals surface area contributed by atoms with Crippen LogP contribution in [-0.2, 0) is 11.3 Å². The molecule has 0 fully saturated rings. The summed E-state index contributed by atoms with van der Waals surface area (Å²) >= 11 is 0. The summed E-state index contributed by atoms with van der Waals surface area (Å²) in [6, 6.07) is 3.67. The summed E-state index contributed by atoms with van der Waals surface area (Å²) in [4.78, 5) is 26.4. The Balaban J connectivity index is 2.14. The zero-order valence-corrected chi connectivity index (χ0v) is 9.65. The Morgan fingerprint density at radius 3 is 2.79 bits per heavy atom. The number of hydrogen-bond donors (Lipinski definition) is 3. The van der Waals surface area contributed by atoms with Gasteiger partial charge in [-0.25, -0.2) is 14.5 Å². The van der Waals surface area contributed by atoms with E-state index in [1.165, 1.54) is 29.5 Å². The second-order valence-electron chi connectivity index (χ2n) is 3.68. The molecular weight excluding hydrogens is 252 g/mol. The zero-order chi connectivity index (χ0) is 13.8. The molecule has 8 heteroatoms. The molecule has 2 aromatic rings. The lowest BCUT2D eigenvalue weighted by Crippen LogP contribution is -2.20. The first-order chi connectivity index (χ1) is 9.06. The van der Waals surface area contributed by atoms with Gasteiger partial charge >= 0.3 is 5.97 Å². The first-order valence-corrected chi connectivity index (χ1v) is 5.25. The van der Waals surface area contributed by atoms with Crippen LogP contribution < -0.4 is 5.32 Å². The Hall–Kier alpha value is -2.90. The van der Waals surface area contributed by atoms with E-state index in [4.69, 9.17) is 5.11 Å². The summed E-state index contributed by atoms with van der Waals surface area (Å²) in [6.45, 7) is -0.0834. The van der Waals surface area contributed by atoms with Crippen molar-refractivity contribution in [2.75, 3.05) is 5.32 Å². The highest BCUT2D eigenvalue weighted by Gasteiger charge is 2.13. The smallest absolute Gasteiger partial charge is 0.337 e. The van der Waals surface area contributed by atoms with Crippen LogP contribution in [0.25, 0.3) is 0 Å². The van der Waals surface area contributed by atoms with Gasteiger partial charge < -0.3 is 15.5 Å². The van der Waals surface area contributed by atoms with E-state index in [9.17, 15) is 14.7 Å². The van der Waals surface area contributed by atoms with Gasteiger partial charge in [-0.1, -0.05) is 0 Å². The van der Waals surface area contributed by atoms with E-state index in [1.807, 2.05) is 0 Å². The number of carboxylic acid groups (broad SMARTS) is 1. The van der Waals surface area contributed by atoms with Crippen molar-refractivity contribution in [3.05, 3.63) is 36.4 Å². The van der Waals surface area contributed by atoms with Crippen molar-refractivity contribution in [1.82, 2.24) is 14.8 Å². The summed E-state index contributed by atoms with van der Waals surface area (Å²) in [6.07, 6.45) is 2.66. The SMILES string of the molecule is O=C(Cn1cncn1)Nc1ccc(O)cc1C(=O)O. The molecule has 0 saturated heterocycles. The van der Waals surface area contributed by atoms with Gasteiger partial charge in [0.1, 0.15) is 24.9 Å². The van der Waals surface area contributed by atoms with Crippen LogP contribution in [0.15, 0.2) is 30.9 Å². The molecule has 1 aromatic carbocycles. The van der Waals surface area contributed by atoms with E-state index in [2.05, 4.69) is 15.4 Å². The average molecular weight is 262 g/mol. The summed E-state index contributed by atoms with van der Waals surface area (Å²) in [5.41, 5.74) is -0.0812. The Bertz CT molecular complexity index is 609. The van der Waals surface area contributed by atoms with Crippen molar-refractivity contribution in [3.8, 4) is 5.75 Å². The van der Waals surface area contributed by atoms with E-state index in [0.29, 0.717) is 0 Å². The van der Waals surface area contributed by atoms with Crippen LogP contribution in [0.1, 0.15) is 10.4 Å². The first-order valence-electron chi connectivity index (χ1n) is 5.25. The number of nitrogens with one attached hydrogen (secondary N) is 1. The number of carbonyl (C=O) groups excluding carboxylic acids is 1. The predicted molar refractivity (Wildman–Crippen MR) is 63.7 cm³/mol. The molecule has 0 aliphatic carbocycles. The molecular formula is C11H10N4O4. The third-order valence-electron chi connectivity index (χ3n) is 2.28. The van der Waals surface area contributed by atoms with Gasteiger partial charge in [0.15, 0.2) is 0 Å². The van der Waals surface area contributed by atoms with Gasteiger partial charge in [0.2, 0.25) is 5.91 Å². The fraction of sp³-hybridized carbons (Fsp3) is 0.0909. The number of hydrogen-bond acceptors (Lipinski definition) is 5. The van der Waals surface area contributed by atoms with Gasteiger partial charge in [0.25, 0.3) is 0 Å². The fourth-order valence-corrected chi connectivity index (χ4v) is 1.47. The highest BCUT2D eigenvalue weighted by molar-refractivity contribution is 6.00. The largest absolute Gasteiger partial charge is 0.508 e. The maximum Gasteiger partial charge on any atom is 0.337 e. The van der Waals surface area contributed by atoms with Crippen LogP contribution in [0.2, 0.25) is 0 Å². The minimum absolute atomic E-state index is 0.0834. The predicted octanol–water partition coefficient (Wildman–Crippen LogP) is 0.321. The van der Waals surface area contributed by atoms with Crippen LogP contribution in [0.3, 0.4) is 0 Å². The van der Waals surface area contributed by atoms with Crippen LogP contribution in [-0.4, -0.2) is 36.9 Å². The van der Waals surface area contributed by atoms with Crippen molar-refractivity contribution >= 4 is 17.6 Å². The second kappa shape index (κ2) is 5.17. The number of aromatic hydroxyl groups is 1. The number of phenols is 1. The van der Waals surface area contributed by atoms with Gasteiger partial charge in [-0.05, 0) is 18.2 Å². The molecule has 1 amide bonds. The monoisotopic (exact) mass is 262 g/mol. The van der Waals surface area contributed by atoms with Crippen molar-refractivity contribution in [2.45, 2.75) is 6.54 Å². The second-order valence-corrected chi connectivity index (χ2v) is 3.68. The molecule has 0 atom stereocenters. The lowest BCUT2D eigenvalue weighted by Gasteiger charge is -2.08. The summed E-state index contributed by atoms with van der Waals surface area (Å²) in [5, 5.41) is 24.4. The third kappa shape index (κ3) is 3.06. The maximum absolute atomic E-state index is 11.7. The molecule has 3 N–H and O–H groups in total. The molecule has 0 spiro atoms. The highest BCUT2D eigenvalue weighted by atomic mass is 16.4. The number of rotatable bonds is 4. The van der Waals surface area contributed by atoms with Gasteiger partial charge in [-0.2, -0.15) is 5.10 Å². The number of nitrogens with zero attached hydrogens (tertiary/aromatic N) is 3. The van der Waals surface area contributed by atoms with Crippen LogP contribution >= 0.6 is 0 Å². The number of benzene rings is 1. The number of carboxylic acids is 1. The number of phenolic OH excluding ortho intramolecular Hbond substituents is 1. The molecule has 1 aromatic heterocycles. The average Bonchev–Trinajstić information content (AvgIpc) is 2.83. The summed E-state index contributed by atoms with van der Waals surface area (Å²) in [5.74, 6) is -1.88. The van der Waals surface area contributed by atoms with E-state index in [1.54, 1.807) is 0 Å². The number of aromatic nitrogens is 3. The van der Waals surface area contributed by atoms with Gasteiger partial charge in [-0.3, -0.25) is 4.79 Å². The Morgan fingerprint density at radius 1 is 1.37 bits per heavy atom. The van der Waals surface area contributed by atoms with Crippen molar-refractivity contribution < 1.29 is 19.8 Å². The van der Waals surface area contributed by atoms with Crippen molar-refractivity contribution in [1.29, 1.82) is 0 Å². The molecule has 19 heavy (non-hydrogen) atoms. The van der Waals surface area contributed by atoms with Crippen LogP contribution in [0, 0.1) is 0 Å². The standard InChI is InChI=1S/C11H10N4O4/c16-7-1-2-9(8(3-7)11(18)19)14-10(17)4-15-6-12-5-13-15/h1-3,5-6,16H,4H2,(H,14,17)(H,18,19). The Kier molecular flexibility index (Phi) is 3.42. The molecule has 0 saturated carbocycles. The first kappa shape index (κ1) is 12.6. The molecule has 0 aliphatic rings. The topological polar surface area (TPSA) is 117 Å². The van der Waals surface area contributed by atoms with E-state index in [0.717, 1.165) is 6.07 Å². The fourth-order valence-electron chi connectivity index (χ4n) is 1.47. The van der Waals surface area contributed by atoms with Crippen molar-refractivity contribution in [2.24, 2.45) is 0 Å². The Morgan fingerprint density at radius 2 is 2.16 bits per heavy atom. The molecule has 0 bridgehead atoms. The molecule has 0 unspecified atom stereocenters. The molecule has 8 nitrogen and oxygen atoms in total. The Labute approximate surface area is 107 Å². The van der Waals surface area contributed by atoms with E-state index >= 15 is 0 Å². The normalized spacial score (nSPS) is 10.1. The van der Waals surface area contributed by atoms with Crippen molar-refractivity contribution in [3.63, 3.8) is 0 Å². The quantitative estimate of drug-likeness (QED) is 0.683.